The van der Waals surface area contributed by atoms with E-state index in [9.17, 15) is 4.79 Å². The lowest BCUT2D eigenvalue weighted by Crippen LogP contribution is -2.70. The van der Waals surface area contributed by atoms with Crippen LogP contribution in [-0.4, -0.2) is 46.6 Å². The molecule has 1 aliphatic carbocycles. The zero-order valence-electron chi connectivity index (χ0n) is 11.9. The number of rotatable bonds is 1. The van der Waals surface area contributed by atoms with Crippen LogP contribution in [0.25, 0.3) is 0 Å². The third-order valence-electron chi connectivity index (χ3n) is 4.41. The van der Waals surface area contributed by atoms with Gasteiger partial charge in [-0.15, -0.1) is 0 Å². The van der Waals surface area contributed by atoms with Crippen molar-refractivity contribution in [3.05, 3.63) is 11.5 Å². The Hall–Kier alpha value is -1.14. The van der Waals surface area contributed by atoms with Gasteiger partial charge in [-0.05, 0) is 19.8 Å². The lowest BCUT2D eigenvalue weighted by molar-refractivity contribution is -0.122. The van der Waals surface area contributed by atoms with Crippen LogP contribution in [0.4, 0.5) is 0 Å². The molecule has 3 aliphatic rings. The Morgan fingerprint density at radius 3 is 2.65 bits per heavy atom. The van der Waals surface area contributed by atoms with Crippen molar-refractivity contribution >= 4 is 17.5 Å². The summed E-state index contributed by atoms with van der Waals surface area (Å²) in [5.74, 6) is 0.563. The van der Waals surface area contributed by atoms with Crippen LogP contribution < -0.4 is 16.4 Å². The molecule has 2 aliphatic heterocycles. The number of nitrogens with two attached hydrogens (primary N) is 1. The number of nitrogens with one attached hydrogen (secondary N) is 2. The van der Waals surface area contributed by atoms with Gasteiger partial charge in [-0.3, -0.25) is 10.5 Å². The monoisotopic (exact) mass is 299 g/mol. The van der Waals surface area contributed by atoms with E-state index in [1.807, 2.05) is 11.9 Å². The first-order valence-corrected chi connectivity index (χ1v) is 7.59. The lowest BCUT2D eigenvalue weighted by Gasteiger charge is -2.49. The molecule has 2 atom stereocenters. The van der Waals surface area contributed by atoms with Gasteiger partial charge in [0.15, 0.2) is 0 Å². The Morgan fingerprint density at radius 2 is 2.00 bits per heavy atom. The van der Waals surface area contributed by atoms with Crippen molar-refractivity contribution in [2.45, 2.75) is 49.9 Å². The van der Waals surface area contributed by atoms with Gasteiger partial charge >= 0.3 is 0 Å². The van der Waals surface area contributed by atoms with Crippen LogP contribution >= 0.6 is 11.6 Å². The molecule has 1 amide bonds. The maximum atomic E-state index is 12.3. The van der Waals surface area contributed by atoms with Crippen molar-refractivity contribution < 1.29 is 4.79 Å². The summed E-state index contributed by atoms with van der Waals surface area (Å²) in [6.07, 6.45) is 4.81. The number of hydrogen-bond donors (Lipinski definition) is 3. The number of nitrogens with zero attached hydrogens (tertiary/aromatic N) is 2. The number of carbonyl (C=O) groups is 1. The van der Waals surface area contributed by atoms with Gasteiger partial charge in [0.05, 0.1) is 0 Å². The number of halogens is 1. The lowest BCUT2D eigenvalue weighted by atomic mass is 10.1. The van der Waals surface area contributed by atoms with Crippen molar-refractivity contribution in [2.75, 3.05) is 13.6 Å². The predicted molar refractivity (Wildman–Crippen MR) is 77.3 cm³/mol. The molecular formula is C13H22ClN5O. The van der Waals surface area contributed by atoms with Crippen LogP contribution in [0.15, 0.2) is 11.5 Å². The zero-order valence-corrected chi connectivity index (χ0v) is 12.7. The molecule has 2 heterocycles. The second kappa shape index (κ2) is 4.70. The van der Waals surface area contributed by atoms with Crippen molar-refractivity contribution in [3.63, 3.8) is 0 Å². The summed E-state index contributed by atoms with van der Waals surface area (Å²) in [6.45, 7) is 3.00. The van der Waals surface area contributed by atoms with Crippen molar-refractivity contribution in [1.82, 2.24) is 20.4 Å². The smallest absolute Gasteiger partial charge is 0.275 e. The van der Waals surface area contributed by atoms with Crippen LogP contribution in [0.5, 0.6) is 0 Å². The van der Waals surface area contributed by atoms with E-state index >= 15 is 0 Å². The molecule has 1 unspecified atom stereocenters. The van der Waals surface area contributed by atoms with Crippen LogP contribution in [0, 0.1) is 0 Å². The molecule has 20 heavy (non-hydrogen) atoms. The van der Waals surface area contributed by atoms with E-state index in [2.05, 4.69) is 22.5 Å². The fraction of sp³-hybridized carbons (Fsp3) is 0.769. The van der Waals surface area contributed by atoms with Gasteiger partial charge in [0, 0.05) is 25.7 Å². The highest BCUT2D eigenvalue weighted by atomic mass is 35.5. The van der Waals surface area contributed by atoms with Gasteiger partial charge in [-0.1, -0.05) is 24.4 Å². The topological polar surface area (TPSA) is 73.6 Å². The molecule has 0 aromatic carbocycles. The van der Waals surface area contributed by atoms with E-state index in [-0.39, 0.29) is 5.91 Å². The molecular weight excluding hydrogens is 278 g/mol. The van der Waals surface area contributed by atoms with E-state index in [1.165, 1.54) is 12.8 Å². The molecule has 0 bridgehead atoms. The van der Waals surface area contributed by atoms with E-state index in [1.54, 1.807) is 0 Å². The van der Waals surface area contributed by atoms with Gasteiger partial charge in [0.25, 0.3) is 5.91 Å². The summed E-state index contributed by atoms with van der Waals surface area (Å²) in [5.41, 5.74) is 6.51. The van der Waals surface area contributed by atoms with Crippen molar-refractivity contribution in [3.8, 4) is 0 Å². The fourth-order valence-electron chi connectivity index (χ4n) is 3.66. The molecule has 3 rings (SSSR count). The fourth-order valence-corrected chi connectivity index (χ4v) is 3.83. The quantitative estimate of drug-likeness (QED) is 0.478. The number of carbonyl (C=O) groups excluding carboxylic acids is 1. The molecule has 7 heteroatoms. The average Bonchev–Trinajstić information content (AvgIpc) is 2.79. The SMILES string of the molecule is CC1CN(C)C2=C(N[C@@](N)(Cl)NC2=O)N1C1CCCC1. The number of likely N-dealkylation sites (N-methyl/N-ethyl adjacent to an activating group) is 1. The van der Waals surface area contributed by atoms with E-state index in [0.29, 0.717) is 17.8 Å². The van der Waals surface area contributed by atoms with Crippen LogP contribution in [0.1, 0.15) is 32.6 Å². The number of hydrogen-bond acceptors (Lipinski definition) is 5. The largest absolute Gasteiger partial charge is 0.365 e. The second-order valence-electron chi connectivity index (χ2n) is 6.06. The first-order valence-electron chi connectivity index (χ1n) is 7.21. The van der Waals surface area contributed by atoms with Gasteiger partial charge in [-0.2, -0.15) is 0 Å². The first-order chi connectivity index (χ1) is 9.39. The standard InChI is InChI=1S/C13H22ClN5O/c1-8-7-18(2)10-11(16-13(14,15)17-12(10)20)19(8)9-5-3-4-6-9/h8-9,16H,3-7,15H2,1-2H3,(H,17,20)/t8?,13-/m0/s1. The minimum absolute atomic E-state index is 0.214. The molecule has 0 spiro atoms. The minimum Gasteiger partial charge on any atom is -0.365 e. The summed E-state index contributed by atoms with van der Waals surface area (Å²) < 4.78 is 0. The Labute approximate surface area is 124 Å². The summed E-state index contributed by atoms with van der Waals surface area (Å²) in [6, 6.07) is 0.794. The predicted octanol–water partition coefficient (Wildman–Crippen LogP) is 0.262. The summed E-state index contributed by atoms with van der Waals surface area (Å²) >= 11 is 6.11. The van der Waals surface area contributed by atoms with E-state index in [0.717, 1.165) is 25.2 Å². The molecule has 0 aromatic rings. The third kappa shape index (κ3) is 2.20. The highest BCUT2D eigenvalue weighted by Crippen LogP contribution is 2.34. The van der Waals surface area contributed by atoms with Gasteiger partial charge in [0.2, 0.25) is 5.25 Å². The Balaban J connectivity index is 2.02. The second-order valence-corrected chi connectivity index (χ2v) is 6.66. The highest BCUT2D eigenvalue weighted by molar-refractivity contribution is 6.24. The van der Waals surface area contributed by atoms with Crippen molar-refractivity contribution in [2.24, 2.45) is 5.73 Å². The van der Waals surface area contributed by atoms with Crippen molar-refractivity contribution in [1.29, 1.82) is 0 Å². The van der Waals surface area contributed by atoms with Gasteiger partial charge in [-0.25, -0.2) is 0 Å². The minimum atomic E-state index is -1.41. The maximum Gasteiger partial charge on any atom is 0.275 e. The van der Waals surface area contributed by atoms with E-state index in [4.69, 9.17) is 17.3 Å². The summed E-state index contributed by atoms with van der Waals surface area (Å²) in [7, 11) is 1.93. The summed E-state index contributed by atoms with van der Waals surface area (Å²) in [4.78, 5) is 16.6. The molecule has 112 valence electrons. The van der Waals surface area contributed by atoms with Gasteiger partial charge in [0.1, 0.15) is 11.5 Å². The molecule has 0 aromatic heterocycles. The normalized spacial score (nSPS) is 35.0. The van der Waals surface area contributed by atoms with E-state index < -0.39 is 5.25 Å². The van der Waals surface area contributed by atoms with Crippen LogP contribution in [0.2, 0.25) is 0 Å². The Kier molecular flexibility index (Phi) is 3.25. The third-order valence-corrected chi connectivity index (χ3v) is 4.60. The number of alkyl halides is 1. The average molecular weight is 300 g/mol. The Morgan fingerprint density at radius 1 is 1.35 bits per heavy atom. The number of amides is 1. The highest BCUT2D eigenvalue weighted by Gasteiger charge is 2.44. The maximum absolute atomic E-state index is 12.3. The molecule has 6 nitrogen and oxygen atoms in total. The molecule has 0 radical (unpaired) electrons. The molecule has 1 fully saturated rings. The summed E-state index contributed by atoms with van der Waals surface area (Å²) in [5, 5.41) is 4.25. The Bertz CT molecular complexity index is 458. The molecule has 1 saturated carbocycles. The van der Waals surface area contributed by atoms with Crippen LogP contribution in [-0.2, 0) is 4.79 Å². The zero-order chi connectivity index (χ0) is 14.5. The molecule has 4 N–H and O–H groups in total. The molecule has 0 saturated heterocycles. The van der Waals surface area contributed by atoms with Crippen LogP contribution in [0.3, 0.4) is 0 Å². The first kappa shape index (κ1) is 13.8. The van der Waals surface area contributed by atoms with Gasteiger partial charge < -0.3 is 20.4 Å².